The largest absolute Gasteiger partial charge is 0.462 e. The molecule has 2 saturated carbocycles. The van der Waals surface area contributed by atoms with Gasteiger partial charge in [0.15, 0.2) is 0 Å². The number of ether oxygens (including phenoxy) is 2. The van der Waals surface area contributed by atoms with E-state index in [0.29, 0.717) is 18.8 Å². The van der Waals surface area contributed by atoms with Gasteiger partial charge in [0.05, 0.1) is 5.92 Å². The Morgan fingerprint density at radius 2 is 1.79 bits per heavy atom. The number of hydrogen-bond donors (Lipinski definition) is 0. The number of rotatable bonds is 4. The number of carbonyl (C=O) groups excluding carboxylic acids is 3. The predicted molar refractivity (Wildman–Crippen MR) is 89.0 cm³/mol. The highest BCUT2D eigenvalue weighted by Crippen LogP contribution is 2.53. The van der Waals surface area contributed by atoms with Crippen molar-refractivity contribution in [1.82, 2.24) is 0 Å². The van der Waals surface area contributed by atoms with Crippen molar-refractivity contribution >= 4 is 17.7 Å². The number of Topliss-reactive ketones (excluding diaryl/α,β-unsaturated/α-hetero) is 1. The van der Waals surface area contributed by atoms with Crippen molar-refractivity contribution in [2.75, 3.05) is 0 Å². The van der Waals surface area contributed by atoms with Gasteiger partial charge in [-0.1, -0.05) is 20.4 Å². The molecule has 2 aliphatic rings. The summed E-state index contributed by atoms with van der Waals surface area (Å²) in [5.41, 5.74) is 0.831. The molecule has 0 spiro atoms. The number of esters is 2. The molecule has 2 aliphatic carbocycles. The molecule has 0 heterocycles. The van der Waals surface area contributed by atoms with Crippen LogP contribution in [0.3, 0.4) is 0 Å². The summed E-state index contributed by atoms with van der Waals surface area (Å²) in [6, 6.07) is 0. The Hall–Kier alpha value is -1.65. The van der Waals surface area contributed by atoms with Crippen LogP contribution in [0.15, 0.2) is 12.2 Å². The Morgan fingerprint density at radius 3 is 2.29 bits per heavy atom. The van der Waals surface area contributed by atoms with E-state index in [1.165, 1.54) is 13.8 Å². The quantitative estimate of drug-likeness (QED) is 0.583. The van der Waals surface area contributed by atoms with E-state index in [4.69, 9.17) is 9.47 Å². The van der Waals surface area contributed by atoms with Gasteiger partial charge in [-0.15, -0.1) is 0 Å². The molecule has 0 N–H and O–H groups in total. The molecule has 0 aromatic heterocycles. The molecule has 2 rings (SSSR count). The molecule has 5 nitrogen and oxygen atoms in total. The third-order valence-electron chi connectivity index (χ3n) is 5.56. The zero-order chi connectivity index (χ0) is 18.2. The number of carbonyl (C=O) groups is 3. The maximum atomic E-state index is 12.7. The highest BCUT2D eigenvalue weighted by molar-refractivity contribution is 5.85. The van der Waals surface area contributed by atoms with Crippen LogP contribution in [0.5, 0.6) is 0 Å². The number of hydrogen-bond acceptors (Lipinski definition) is 5. The zero-order valence-corrected chi connectivity index (χ0v) is 15.2. The molecule has 0 radical (unpaired) electrons. The van der Waals surface area contributed by atoms with E-state index in [2.05, 4.69) is 20.4 Å². The van der Waals surface area contributed by atoms with Gasteiger partial charge in [0.2, 0.25) is 0 Å². The highest BCUT2D eigenvalue weighted by atomic mass is 16.5. The van der Waals surface area contributed by atoms with E-state index in [1.807, 2.05) is 0 Å². The Labute approximate surface area is 143 Å². The Bertz CT molecular complexity index is 550. The van der Waals surface area contributed by atoms with Crippen molar-refractivity contribution in [3.63, 3.8) is 0 Å². The van der Waals surface area contributed by atoms with Gasteiger partial charge >= 0.3 is 11.9 Å². The summed E-state index contributed by atoms with van der Waals surface area (Å²) in [4.78, 5) is 35.4. The van der Waals surface area contributed by atoms with Crippen LogP contribution in [0, 0.1) is 29.6 Å². The zero-order valence-electron chi connectivity index (χ0n) is 15.2. The fraction of sp³-hybridized carbons (Fsp3) is 0.737. The average Bonchev–Trinajstić information content (AvgIpc) is 2.78. The van der Waals surface area contributed by atoms with Crippen LogP contribution in [-0.4, -0.2) is 29.9 Å². The van der Waals surface area contributed by atoms with Gasteiger partial charge in [-0.3, -0.25) is 14.4 Å². The first-order chi connectivity index (χ1) is 11.1. The van der Waals surface area contributed by atoms with Crippen molar-refractivity contribution in [3.8, 4) is 0 Å². The molecule has 0 amide bonds. The summed E-state index contributed by atoms with van der Waals surface area (Å²) < 4.78 is 10.8. The van der Waals surface area contributed by atoms with Crippen molar-refractivity contribution in [1.29, 1.82) is 0 Å². The molecule has 0 aromatic carbocycles. The second-order valence-electron chi connectivity index (χ2n) is 7.51. The summed E-state index contributed by atoms with van der Waals surface area (Å²) in [5.74, 6) is -0.239. The summed E-state index contributed by atoms with van der Waals surface area (Å²) in [6.45, 7) is 12.9. The van der Waals surface area contributed by atoms with Crippen molar-refractivity contribution in [2.24, 2.45) is 29.6 Å². The van der Waals surface area contributed by atoms with Gasteiger partial charge in [0.1, 0.15) is 18.0 Å². The molecular formula is C19H28O5. The summed E-state index contributed by atoms with van der Waals surface area (Å²) in [6.07, 6.45) is 0.297. The SMILES string of the molecule is C=C1[C@H](OC(C)=O)C[C@@H](C(C)C)[C@@H]2[C@@H]([C@H](C)OC(C)=O)C(=O)C[C@@H]12. The molecule has 5 heteroatoms. The lowest BCUT2D eigenvalue weighted by Gasteiger charge is -2.44. The second-order valence-corrected chi connectivity index (χ2v) is 7.51. The van der Waals surface area contributed by atoms with Crippen LogP contribution in [-0.2, 0) is 23.9 Å². The van der Waals surface area contributed by atoms with Crippen LogP contribution in [0.4, 0.5) is 0 Å². The lowest BCUT2D eigenvalue weighted by atomic mass is 9.63. The van der Waals surface area contributed by atoms with Crippen LogP contribution in [0.2, 0.25) is 0 Å². The summed E-state index contributed by atoms with van der Waals surface area (Å²) >= 11 is 0. The number of fused-ring (bicyclic) bond motifs is 1. The lowest BCUT2D eigenvalue weighted by Crippen LogP contribution is -2.44. The van der Waals surface area contributed by atoms with Gasteiger partial charge < -0.3 is 9.47 Å². The minimum atomic E-state index is -0.440. The van der Waals surface area contributed by atoms with E-state index in [-0.39, 0.29) is 47.5 Å². The van der Waals surface area contributed by atoms with Crippen molar-refractivity contribution in [3.05, 3.63) is 12.2 Å². The van der Waals surface area contributed by atoms with E-state index >= 15 is 0 Å². The van der Waals surface area contributed by atoms with Crippen LogP contribution < -0.4 is 0 Å². The van der Waals surface area contributed by atoms with E-state index in [9.17, 15) is 14.4 Å². The average molecular weight is 336 g/mol. The molecular weight excluding hydrogens is 308 g/mol. The van der Waals surface area contributed by atoms with Gasteiger partial charge in [-0.25, -0.2) is 0 Å². The molecule has 24 heavy (non-hydrogen) atoms. The fourth-order valence-electron chi connectivity index (χ4n) is 4.64. The van der Waals surface area contributed by atoms with Crippen LogP contribution >= 0.6 is 0 Å². The first-order valence-electron chi connectivity index (χ1n) is 8.69. The molecule has 2 fully saturated rings. The first-order valence-corrected chi connectivity index (χ1v) is 8.69. The van der Waals surface area contributed by atoms with Crippen molar-refractivity contribution in [2.45, 2.75) is 59.7 Å². The van der Waals surface area contributed by atoms with E-state index < -0.39 is 6.10 Å². The van der Waals surface area contributed by atoms with Crippen LogP contribution in [0.25, 0.3) is 0 Å². The molecule has 0 aromatic rings. The second kappa shape index (κ2) is 7.08. The Morgan fingerprint density at radius 1 is 1.17 bits per heavy atom. The predicted octanol–water partition coefficient (Wildman–Crippen LogP) is 2.92. The molecule has 0 aliphatic heterocycles. The molecule has 0 bridgehead atoms. The van der Waals surface area contributed by atoms with Gasteiger partial charge in [-0.05, 0) is 42.6 Å². The summed E-state index contributed by atoms with van der Waals surface area (Å²) in [5, 5.41) is 0. The minimum Gasteiger partial charge on any atom is -0.462 e. The third-order valence-corrected chi connectivity index (χ3v) is 5.56. The Balaban J connectivity index is 2.32. The van der Waals surface area contributed by atoms with Gasteiger partial charge in [0.25, 0.3) is 0 Å². The topological polar surface area (TPSA) is 69.7 Å². The molecule has 0 unspecified atom stereocenters. The van der Waals surface area contributed by atoms with Gasteiger partial charge in [-0.2, -0.15) is 0 Å². The molecule has 0 saturated heterocycles. The molecule has 6 atom stereocenters. The summed E-state index contributed by atoms with van der Waals surface area (Å²) in [7, 11) is 0. The highest BCUT2D eigenvalue weighted by Gasteiger charge is 2.54. The minimum absolute atomic E-state index is 0.00833. The third kappa shape index (κ3) is 3.55. The smallest absolute Gasteiger partial charge is 0.303 e. The van der Waals surface area contributed by atoms with Crippen molar-refractivity contribution < 1.29 is 23.9 Å². The Kier molecular flexibility index (Phi) is 5.51. The lowest BCUT2D eigenvalue weighted by molar-refractivity contribution is -0.154. The standard InChI is InChI=1S/C19H28O5/c1-9(2)14-8-17(24-13(6)21)10(3)15-7-16(22)18(19(14)15)11(4)23-12(5)20/h9,11,14-15,17-19H,3,7-8H2,1-2,4-6H3/t11-,14-,15-,17+,18-,19-/m0/s1. The normalized spacial score (nSPS) is 34.0. The maximum Gasteiger partial charge on any atom is 0.303 e. The maximum absolute atomic E-state index is 12.7. The van der Waals surface area contributed by atoms with E-state index in [1.54, 1.807) is 6.92 Å². The van der Waals surface area contributed by atoms with Crippen LogP contribution in [0.1, 0.15) is 47.5 Å². The van der Waals surface area contributed by atoms with Gasteiger partial charge in [0, 0.05) is 20.3 Å². The molecule has 134 valence electrons. The first kappa shape index (κ1) is 18.7. The monoisotopic (exact) mass is 336 g/mol. The number of ketones is 1. The van der Waals surface area contributed by atoms with E-state index in [0.717, 1.165) is 5.57 Å². The fourth-order valence-corrected chi connectivity index (χ4v) is 4.64.